The number of hydrogen-bond donors (Lipinski definition) is 2. The molecule has 1 aliphatic heterocycles. The summed E-state index contributed by atoms with van der Waals surface area (Å²) in [5.41, 5.74) is 0. The summed E-state index contributed by atoms with van der Waals surface area (Å²) in [4.78, 5) is 25.4. The summed E-state index contributed by atoms with van der Waals surface area (Å²) in [5.74, 6) is 0.296. The summed E-state index contributed by atoms with van der Waals surface area (Å²) in [7, 11) is 1.41. The van der Waals surface area contributed by atoms with Crippen molar-refractivity contribution in [2.45, 2.75) is 57.5 Å². The van der Waals surface area contributed by atoms with Gasteiger partial charge in [0.1, 0.15) is 0 Å². The van der Waals surface area contributed by atoms with Crippen LogP contribution >= 0.6 is 12.4 Å². The predicted octanol–water partition coefficient (Wildman–Crippen LogP) is 0.946. The highest BCUT2D eigenvalue weighted by atomic mass is 35.5. The van der Waals surface area contributed by atoms with Gasteiger partial charge in [0.15, 0.2) is 0 Å². The van der Waals surface area contributed by atoms with Crippen molar-refractivity contribution in [2.75, 3.05) is 20.2 Å². The largest absolute Gasteiger partial charge is 0.469 e. The number of carbonyl (C=O) groups excluding carboxylic acids is 2. The van der Waals surface area contributed by atoms with Crippen molar-refractivity contribution >= 4 is 24.3 Å². The van der Waals surface area contributed by atoms with Crippen LogP contribution < -0.4 is 10.6 Å². The molecule has 9 nitrogen and oxygen atoms in total. The van der Waals surface area contributed by atoms with Crippen molar-refractivity contribution < 1.29 is 14.3 Å². The number of halogens is 1. The monoisotopic (exact) mass is 400 g/mol. The normalized spacial score (nSPS) is 23.3. The van der Waals surface area contributed by atoms with Crippen LogP contribution in [-0.2, 0) is 16.1 Å². The lowest BCUT2D eigenvalue weighted by atomic mass is 9.86. The molecule has 0 aromatic carbocycles. The second-order valence-corrected chi connectivity index (χ2v) is 7.24. The number of amides is 1. The first-order valence-electron chi connectivity index (χ1n) is 9.53. The molecule has 0 bridgehead atoms. The summed E-state index contributed by atoms with van der Waals surface area (Å²) in [6, 6.07) is 0.0464. The maximum absolute atomic E-state index is 12.3. The highest BCUT2D eigenvalue weighted by Crippen LogP contribution is 2.25. The molecular formula is C17H29ClN6O3. The Hall–Kier alpha value is -1.74. The molecule has 152 valence electrons. The molecule has 1 aliphatic carbocycles. The van der Waals surface area contributed by atoms with Crippen LogP contribution in [0.4, 0.5) is 0 Å². The van der Waals surface area contributed by atoms with Gasteiger partial charge >= 0.3 is 5.97 Å². The van der Waals surface area contributed by atoms with Gasteiger partial charge in [-0.2, -0.15) is 4.80 Å². The maximum atomic E-state index is 12.3. The minimum Gasteiger partial charge on any atom is -0.469 e. The Bertz CT molecular complexity index is 612. The van der Waals surface area contributed by atoms with Gasteiger partial charge in [0, 0.05) is 6.04 Å². The molecule has 27 heavy (non-hydrogen) atoms. The van der Waals surface area contributed by atoms with E-state index in [-0.39, 0.29) is 42.1 Å². The molecule has 2 aliphatic rings. The standard InChI is InChI=1S/C17H28N6O3.ClH/c1-26-17(25)13-2-4-14(5-3-13)19-16(24)15-20-22-23(21-15)11-8-12-6-9-18-10-7-12;/h12-14,18H,2-11H2,1H3,(H,19,24);1H/t13-,14-;. The molecule has 1 aromatic rings. The molecule has 1 aromatic heterocycles. The van der Waals surface area contributed by atoms with E-state index in [0.29, 0.717) is 12.5 Å². The van der Waals surface area contributed by atoms with Gasteiger partial charge in [0.25, 0.3) is 11.7 Å². The van der Waals surface area contributed by atoms with E-state index in [4.69, 9.17) is 4.74 Å². The van der Waals surface area contributed by atoms with Crippen molar-refractivity contribution in [1.82, 2.24) is 30.8 Å². The summed E-state index contributed by atoms with van der Waals surface area (Å²) in [6.45, 7) is 2.83. The second kappa shape index (κ2) is 10.6. The van der Waals surface area contributed by atoms with Gasteiger partial charge in [-0.1, -0.05) is 0 Å². The molecule has 1 amide bonds. The zero-order valence-corrected chi connectivity index (χ0v) is 16.5. The Kier molecular flexibility index (Phi) is 8.43. The van der Waals surface area contributed by atoms with Crippen LogP contribution in [0.1, 0.15) is 55.6 Å². The van der Waals surface area contributed by atoms with Crippen LogP contribution in [-0.4, -0.2) is 58.3 Å². The van der Waals surface area contributed by atoms with E-state index in [1.165, 1.54) is 24.7 Å². The number of aromatic nitrogens is 4. The fraction of sp³-hybridized carbons (Fsp3) is 0.824. The first-order valence-corrected chi connectivity index (χ1v) is 9.53. The van der Waals surface area contributed by atoms with Crippen LogP contribution in [0.3, 0.4) is 0 Å². The van der Waals surface area contributed by atoms with Crippen LogP contribution in [0, 0.1) is 11.8 Å². The Morgan fingerprint density at radius 1 is 1.19 bits per heavy atom. The number of rotatable bonds is 6. The summed E-state index contributed by atoms with van der Waals surface area (Å²) < 4.78 is 4.78. The molecule has 3 rings (SSSR count). The lowest BCUT2D eigenvalue weighted by Crippen LogP contribution is -2.39. The average molecular weight is 401 g/mol. The van der Waals surface area contributed by atoms with Crippen LogP contribution in [0.5, 0.6) is 0 Å². The Balaban J connectivity index is 0.00000261. The van der Waals surface area contributed by atoms with Gasteiger partial charge in [0.05, 0.1) is 19.6 Å². The van der Waals surface area contributed by atoms with Gasteiger partial charge in [-0.05, 0) is 69.2 Å². The van der Waals surface area contributed by atoms with Crippen molar-refractivity contribution in [2.24, 2.45) is 11.8 Å². The minimum absolute atomic E-state index is 0. The number of aryl methyl sites for hydroxylation is 1. The lowest BCUT2D eigenvalue weighted by molar-refractivity contribution is -0.146. The zero-order valence-electron chi connectivity index (χ0n) is 15.7. The Labute approximate surface area is 165 Å². The summed E-state index contributed by atoms with van der Waals surface area (Å²) >= 11 is 0. The minimum atomic E-state index is -0.292. The van der Waals surface area contributed by atoms with Crippen molar-refractivity contribution in [3.05, 3.63) is 5.82 Å². The first kappa shape index (κ1) is 21.6. The van der Waals surface area contributed by atoms with Crippen LogP contribution in [0.15, 0.2) is 0 Å². The zero-order chi connectivity index (χ0) is 18.4. The summed E-state index contributed by atoms with van der Waals surface area (Å²) in [5, 5.41) is 18.4. The molecule has 10 heteroatoms. The fourth-order valence-corrected chi connectivity index (χ4v) is 3.79. The molecule has 0 unspecified atom stereocenters. The van der Waals surface area contributed by atoms with Gasteiger partial charge in [-0.25, -0.2) is 0 Å². The number of piperidine rings is 1. The van der Waals surface area contributed by atoms with Gasteiger partial charge in [-0.15, -0.1) is 22.6 Å². The Morgan fingerprint density at radius 3 is 2.56 bits per heavy atom. The highest BCUT2D eigenvalue weighted by Gasteiger charge is 2.28. The van der Waals surface area contributed by atoms with Crippen LogP contribution in [0.2, 0.25) is 0 Å². The van der Waals surface area contributed by atoms with E-state index < -0.39 is 0 Å². The van der Waals surface area contributed by atoms with Crippen molar-refractivity contribution in [3.63, 3.8) is 0 Å². The van der Waals surface area contributed by atoms with E-state index >= 15 is 0 Å². The molecule has 2 N–H and O–H groups in total. The third-order valence-corrected chi connectivity index (χ3v) is 5.45. The number of nitrogens with zero attached hydrogens (tertiary/aromatic N) is 4. The fourth-order valence-electron chi connectivity index (χ4n) is 3.79. The SMILES string of the molecule is COC(=O)[C@H]1CC[C@H](NC(=O)c2nnn(CCC3CCNCC3)n2)CC1.Cl. The van der Waals surface area contributed by atoms with Gasteiger partial charge in [-0.3, -0.25) is 9.59 Å². The van der Waals surface area contributed by atoms with E-state index in [2.05, 4.69) is 26.0 Å². The topological polar surface area (TPSA) is 111 Å². The second-order valence-electron chi connectivity index (χ2n) is 7.24. The lowest BCUT2D eigenvalue weighted by Gasteiger charge is -2.27. The highest BCUT2D eigenvalue weighted by molar-refractivity contribution is 5.90. The third-order valence-electron chi connectivity index (χ3n) is 5.45. The number of ether oxygens (including phenoxy) is 1. The molecule has 1 saturated carbocycles. The van der Waals surface area contributed by atoms with Crippen LogP contribution in [0.25, 0.3) is 0 Å². The van der Waals surface area contributed by atoms with E-state index in [1.807, 2.05) is 0 Å². The predicted molar refractivity (Wildman–Crippen MR) is 101 cm³/mol. The molecule has 0 spiro atoms. The van der Waals surface area contributed by atoms with E-state index in [9.17, 15) is 9.59 Å². The van der Waals surface area contributed by atoms with Crippen molar-refractivity contribution in [1.29, 1.82) is 0 Å². The maximum Gasteiger partial charge on any atom is 0.308 e. The molecule has 2 heterocycles. The Morgan fingerprint density at radius 2 is 1.89 bits per heavy atom. The number of carbonyl (C=O) groups is 2. The summed E-state index contributed by atoms with van der Waals surface area (Å²) in [6.07, 6.45) is 6.34. The first-order chi connectivity index (χ1) is 12.7. The van der Waals surface area contributed by atoms with Gasteiger partial charge < -0.3 is 15.4 Å². The van der Waals surface area contributed by atoms with Crippen molar-refractivity contribution in [3.8, 4) is 0 Å². The quantitative estimate of drug-likeness (QED) is 0.683. The number of esters is 1. The third kappa shape index (κ3) is 6.14. The molecule has 0 atom stereocenters. The molecule has 0 radical (unpaired) electrons. The van der Waals surface area contributed by atoms with E-state index in [1.54, 1.807) is 0 Å². The number of hydrogen-bond acceptors (Lipinski definition) is 7. The molecule has 2 fully saturated rings. The van der Waals surface area contributed by atoms with E-state index in [0.717, 1.165) is 45.2 Å². The smallest absolute Gasteiger partial charge is 0.308 e. The average Bonchev–Trinajstić information content (AvgIpc) is 3.16. The van der Waals surface area contributed by atoms with Gasteiger partial charge in [0.2, 0.25) is 0 Å². The number of tetrazole rings is 1. The number of methoxy groups -OCH3 is 1. The number of nitrogens with one attached hydrogen (secondary N) is 2. The molecule has 1 saturated heterocycles. The molecular weight excluding hydrogens is 372 g/mol.